The second-order valence-electron chi connectivity index (χ2n) is 3.68. The van der Waals surface area contributed by atoms with Gasteiger partial charge < -0.3 is 13.3 Å². The predicted molar refractivity (Wildman–Crippen MR) is 65.4 cm³/mol. The van der Waals surface area contributed by atoms with E-state index in [0.717, 1.165) is 13.5 Å². The molecule has 2 heteroatoms. The van der Waals surface area contributed by atoms with Crippen LogP contribution in [0, 0.1) is 13.8 Å². The number of hydrogen-bond donors (Lipinski definition) is 1. The highest BCUT2D eigenvalue weighted by atomic mass is 31.0. The highest BCUT2D eigenvalue weighted by Gasteiger charge is 2.00. The van der Waals surface area contributed by atoms with E-state index in [1.807, 2.05) is 6.07 Å². The van der Waals surface area contributed by atoms with Gasteiger partial charge in [0.05, 0.1) is 0 Å². The monoisotopic (exact) mass is 217 g/mol. The van der Waals surface area contributed by atoms with Gasteiger partial charge in [0.25, 0.3) is 0 Å². The van der Waals surface area contributed by atoms with E-state index in [4.69, 9.17) is 0 Å². The lowest BCUT2D eigenvalue weighted by molar-refractivity contribution is 0.285. The molecular formula is C13H14OP-. The standard InChI is InChI=1S/C13H14OP/c1-9-10(2)13(15-12(9)8-14)11-6-4-3-5-7-11/h3-7,14H,8H2,1-2H3/q-1. The highest BCUT2D eigenvalue weighted by Crippen LogP contribution is 2.39. The fourth-order valence-electron chi connectivity index (χ4n) is 1.73. The molecule has 0 fully saturated rings. The van der Waals surface area contributed by atoms with Crippen LogP contribution in [0.5, 0.6) is 0 Å². The molecule has 0 saturated carbocycles. The van der Waals surface area contributed by atoms with Crippen LogP contribution in [0.2, 0.25) is 0 Å². The van der Waals surface area contributed by atoms with Gasteiger partial charge in [-0.15, -0.1) is 0 Å². The van der Waals surface area contributed by atoms with Crippen LogP contribution in [0.15, 0.2) is 30.3 Å². The summed E-state index contributed by atoms with van der Waals surface area (Å²) in [5.41, 5.74) is 3.82. The van der Waals surface area contributed by atoms with E-state index in [1.165, 1.54) is 22.0 Å². The summed E-state index contributed by atoms with van der Waals surface area (Å²) in [5, 5.41) is 11.7. The summed E-state index contributed by atoms with van der Waals surface area (Å²) in [6.45, 7) is 4.39. The minimum Gasteiger partial charge on any atom is -0.516 e. The lowest BCUT2D eigenvalue weighted by Gasteiger charge is -2.09. The predicted octanol–water partition coefficient (Wildman–Crippen LogP) is 3.76. The summed E-state index contributed by atoms with van der Waals surface area (Å²) in [7, 11) is 1.16. The molecule has 0 saturated heterocycles. The Kier molecular flexibility index (Phi) is 2.95. The molecule has 15 heavy (non-hydrogen) atoms. The fourth-order valence-corrected chi connectivity index (χ4v) is 3.02. The van der Waals surface area contributed by atoms with E-state index >= 15 is 0 Å². The van der Waals surface area contributed by atoms with E-state index < -0.39 is 0 Å². The van der Waals surface area contributed by atoms with Crippen molar-refractivity contribution in [2.75, 3.05) is 0 Å². The Hall–Kier alpha value is -1.04. The van der Waals surface area contributed by atoms with Crippen LogP contribution in [0.25, 0.3) is 10.9 Å². The summed E-state index contributed by atoms with van der Waals surface area (Å²) in [4.78, 5) is 0. The maximum Gasteiger partial charge on any atom is 0.0395 e. The number of aliphatic hydroxyl groups is 1. The van der Waals surface area contributed by atoms with Gasteiger partial charge in [0.1, 0.15) is 0 Å². The van der Waals surface area contributed by atoms with Crippen LogP contribution < -0.4 is 0 Å². The molecule has 0 spiro atoms. The summed E-state index contributed by atoms with van der Waals surface area (Å²) in [6, 6.07) is 10.4. The molecular weight excluding hydrogens is 203 g/mol. The van der Waals surface area contributed by atoms with Gasteiger partial charge in [0.2, 0.25) is 0 Å². The molecule has 2 rings (SSSR count). The molecule has 1 aromatic heterocycles. The average molecular weight is 217 g/mol. The van der Waals surface area contributed by atoms with Crippen molar-refractivity contribution < 1.29 is 5.11 Å². The van der Waals surface area contributed by atoms with Gasteiger partial charge in [0.15, 0.2) is 0 Å². The zero-order valence-corrected chi connectivity index (χ0v) is 9.88. The third kappa shape index (κ3) is 1.86. The first-order chi connectivity index (χ1) is 7.24. The SMILES string of the molecule is Cc1c(CO)[p-]c(-c2ccccc2)c1C. The van der Waals surface area contributed by atoms with E-state index in [2.05, 4.69) is 38.1 Å². The molecule has 1 N–H and O–H groups in total. The molecule has 0 radical (unpaired) electrons. The molecule has 1 aromatic carbocycles. The van der Waals surface area contributed by atoms with Crippen molar-refractivity contribution in [3.05, 3.63) is 46.8 Å². The van der Waals surface area contributed by atoms with E-state index in [0.29, 0.717) is 0 Å². The minimum atomic E-state index is 0.168. The van der Waals surface area contributed by atoms with E-state index in [9.17, 15) is 5.11 Å². The van der Waals surface area contributed by atoms with Crippen molar-refractivity contribution in [3.63, 3.8) is 0 Å². The van der Waals surface area contributed by atoms with Crippen molar-refractivity contribution in [2.24, 2.45) is 0 Å². The van der Waals surface area contributed by atoms with Gasteiger partial charge in [0, 0.05) is 6.61 Å². The van der Waals surface area contributed by atoms with Gasteiger partial charge in [-0.3, -0.25) is 0 Å². The zero-order valence-electron chi connectivity index (χ0n) is 8.99. The van der Waals surface area contributed by atoms with Gasteiger partial charge in [-0.25, -0.2) is 0 Å². The summed E-state index contributed by atoms with van der Waals surface area (Å²) in [5.74, 6) is 0. The summed E-state index contributed by atoms with van der Waals surface area (Å²) in [6.07, 6.45) is 0. The van der Waals surface area contributed by atoms with Crippen molar-refractivity contribution in [1.29, 1.82) is 0 Å². The van der Waals surface area contributed by atoms with Crippen LogP contribution in [-0.2, 0) is 6.61 Å². The molecule has 78 valence electrons. The Morgan fingerprint density at radius 1 is 1.07 bits per heavy atom. The molecule has 0 aliphatic heterocycles. The molecule has 0 bridgehead atoms. The summed E-state index contributed by atoms with van der Waals surface area (Å²) < 4.78 is 0. The first-order valence-electron chi connectivity index (χ1n) is 5.03. The lowest BCUT2D eigenvalue weighted by Crippen LogP contribution is -1.81. The molecule has 0 unspecified atom stereocenters. The Labute approximate surface area is 91.9 Å². The fraction of sp³-hybridized carbons (Fsp3) is 0.231. The number of benzene rings is 1. The van der Waals surface area contributed by atoms with Crippen molar-refractivity contribution in [2.45, 2.75) is 20.5 Å². The topological polar surface area (TPSA) is 20.2 Å². The van der Waals surface area contributed by atoms with Gasteiger partial charge in [-0.1, -0.05) is 41.5 Å². The van der Waals surface area contributed by atoms with Gasteiger partial charge in [-0.05, 0) is 19.4 Å². The molecule has 0 atom stereocenters. The molecule has 0 amide bonds. The molecule has 1 heterocycles. The van der Waals surface area contributed by atoms with Crippen LogP contribution in [0.4, 0.5) is 0 Å². The molecule has 2 aromatic rings. The van der Waals surface area contributed by atoms with Crippen LogP contribution in [0.1, 0.15) is 16.4 Å². The first kappa shape index (κ1) is 10.5. The maximum atomic E-state index is 9.23. The molecule has 1 nitrogen and oxygen atoms in total. The van der Waals surface area contributed by atoms with Crippen molar-refractivity contribution in [3.8, 4) is 10.9 Å². The van der Waals surface area contributed by atoms with Crippen molar-refractivity contribution in [1.82, 2.24) is 0 Å². The molecule has 0 aliphatic rings. The van der Waals surface area contributed by atoms with E-state index in [-0.39, 0.29) is 6.61 Å². The van der Waals surface area contributed by atoms with Crippen LogP contribution in [-0.4, -0.2) is 5.11 Å². The lowest BCUT2D eigenvalue weighted by atomic mass is 10.1. The third-order valence-corrected chi connectivity index (χ3v) is 4.36. The van der Waals surface area contributed by atoms with Crippen LogP contribution in [0.3, 0.4) is 0 Å². The molecule has 0 aliphatic carbocycles. The maximum absolute atomic E-state index is 9.23. The average Bonchev–Trinajstić information content (AvgIpc) is 2.57. The Bertz CT molecular complexity index is 457. The smallest absolute Gasteiger partial charge is 0.0395 e. The van der Waals surface area contributed by atoms with Crippen molar-refractivity contribution >= 4 is 8.19 Å². The first-order valence-corrected chi connectivity index (χ1v) is 5.92. The quantitative estimate of drug-likeness (QED) is 0.812. The zero-order chi connectivity index (χ0) is 10.8. The Balaban J connectivity index is 2.55. The number of aliphatic hydroxyl groups excluding tert-OH is 1. The largest absolute Gasteiger partial charge is 0.516 e. The van der Waals surface area contributed by atoms with E-state index in [1.54, 1.807) is 0 Å². The normalized spacial score (nSPS) is 11.1. The second kappa shape index (κ2) is 4.22. The Morgan fingerprint density at radius 2 is 1.73 bits per heavy atom. The summed E-state index contributed by atoms with van der Waals surface area (Å²) >= 11 is 0. The van der Waals surface area contributed by atoms with Crippen LogP contribution >= 0.6 is 8.19 Å². The minimum absolute atomic E-state index is 0.168. The van der Waals surface area contributed by atoms with Gasteiger partial charge in [-0.2, -0.15) is 10.6 Å². The van der Waals surface area contributed by atoms with Gasteiger partial charge >= 0.3 is 0 Å². The number of hydrogen-bond acceptors (Lipinski definition) is 1. The number of rotatable bonds is 2. The Morgan fingerprint density at radius 3 is 2.27 bits per heavy atom. The second-order valence-corrected chi connectivity index (χ2v) is 4.89. The third-order valence-electron chi connectivity index (χ3n) is 2.79. The highest BCUT2D eigenvalue weighted by molar-refractivity contribution is 7.35.